The number of hydrogen-bond acceptors (Lipinski definition) is 6. The van der Waals surface area contributed by atoms with E-state index >= 15 is 0 Å². The summed E-state index contributed by atoms with van der Waals surface area (Å²) in [6.07, 6.45) is 4.11. The molecule has 0 aliphatic rings. The lowest BCUT2D eigenvalue weighted by Gasteiger charge is -2.09. The molecule has 0 aliphatic heterocycles. The zero-order valence-electron chi connectivity index (χ0n) is 16.3. The van der Waals surface area contributed by atoms with Crippen molar-refractivity contribution < 1.29 is 19.1 Å². The van der Waals surface area contributed by atoms with Gasteiger partial charge in [0, 0.05) is 24.2 Å². The minimum Gasteiger partial charge on any atom is -0.478 e. The molecule has 27 heavy (non-hydrogen) atoms. The number of nitrogens with one attached hydrogen (secondary N) is 3. The SMILES string of the molecule is CCOC(=N)c1ccc(NCC(=O)NCCCCCCC(=O)OCC)cc1. The molecule has 0 fully saturated rings. The van der Waals surface area contributed by atoms with Crippen molar-refractivity contribution in [2.24, 2.45) is 0 Å². The monoisotopic (exact) mass is 377 g/mol. The first kappa shape index (κ1) is 22.5. The number of amides is 1. The summed E-state index contributed by atoms with van der Waals surface area (Å²) in [6.45, 7) is 5.37. The van der Waals surface area contributed by atoms with Crippen molar-refractivity contribution in [3.63, 3.8) is 0 Å². The topological polar surface area (TPSA) is 101 Å². The first-order valence-corrected chi connectivity index (χ1v) is 9.54. The van der Waals surface area contributed by atoms with Crippen LogP contribution >= 0.6 is 0 Å². The van der Waals surface area contributed by atoms with Gasteiger partial charge >= 0.3 is 5.97 Å². The number of anilines is 1. The Morgan fingerprint density at radius 3 is 2.30 bits per heavy atom. The van der Waals surface area contributed by atoms with Gasteiger partial charge < -0.3 is 20.1 Å². The van der Waals surface area contributed by atoms with E-state index in [0.717, 1.165) is 31.4 Å². The molecule has 3 N–H and O–H groups in total. The average molecular weight is 377 g/mol. The predicted octanol–water partition coefficient (Wildman–Crippen LogP) is 3.09. The number of esters is 1. The van der Waals surface area contributed by atoms with Gasteiger partial charge in [-0.15, -0.1) is 0 Å². The van der Waals surface area contributed by atoms with Crippen LogP contribution in [0.3, 0.4) is 0 Å². The molecule has 0 bridgehead atoms. The fourth-order valence-corrected chi connectivity index (χ4v) is 2.42. The van der Waals surface area contributed by atoms with Crippen LogP contribution in [0.25, 0.3) is 0 Å². The summed E-state index contributed by atoms with van der Waals surface area (Å²) in [5, 5.41) is 13.6. The van der Waals surface area contributed by atoms with Gasteiger partial charge in [0.2, 0.25) is 11.8 Å². The van der Waals surface area contributed by atoms with Gasteiger partial charge in [0.25, 0.3) is 0 Å². The molecule has 0 unspecified atom stereocenters. The third kappa shape index (κ3) is 10.2. The van der Waals surface area contributed by atoms with E-state index in [-0.39, 0.29) is 24.3 Å². The smallest absolute Gasteiger partial charge is 0.305 e. The summed E-state index contributed by atoms with van der Waals surface area (Å²) >= 11 is 0. The number of unbranched alkanes of at least 4 members (excludes halogenated alkanes) is 3. The zero-order valence-corrected chi connectivity index (χ0v) is 16.3. The second-order valence-electron chi connectivity index (χ2n) is 6.01. The zero-order chi connectivity index (χ0) is 19.9. The second-order valence-corrected chi connectivity index (χ2v) is 6.01. The summed E-state index contributed by atoms with van der Waals surface area (Å²) in [6, 6.07) is 7.21. The molecule has 1 rings (SSSR count). The summed E-state index contributed by atoms with van der Waals surface area (Å²) in [7, 11) is 0. The van der Waals surface area contributed by atoms with Crippen molar-refractivity contribution in [2.45, 2.75) is 46.0 Å². The fourth-order valence-electron chi connectivity index (χ4n) is 2.42. The van der Waals surface area contributed by atoms with Gasteiger partial charge in [-0.05, 0) is 51.0 Å². The van der Waals surface area contributed by atoms with Crippen molar-refractivity contribution in [3.05, 3.63) is 29.8 Å². The van der Waals surface area contributed by atoms with Crippen molar-refractivity contribution in [1.29, 1.82) is 5.41 Å². The average Bonchev–Trinajstić information content (AvgIpc) is 2.66. The first-order chi connectivity index (χ1) is 13.1. The molecule has 1 aromatic rings. The molecule has 0 saturated heterocycles. The van der Waals surface area contributed by atoms with E-state index in [0.29, 0.717) is 31.7 Å². The number of carbonyl (C=O) groups is 2. The van der Waals surface area contributed by atoms with Crippen LogP contribution in [0.15, 0.2) is 24.3 Å². The van der Waals surface area contributed by atoms with Gasteiger partial charge in [-0.2, -0.15) is 0 Å². The number of hydrogen-bond donors (Lipinski definition) is 3. The van der Waals surface area contributed by atoms with Crippen LogP contribution < -0.4 is 10.6 Å². The predicted molar refractivity (Wildman–Crippen MR) is 106 cm³/mol. The van der Waals surface area contributed by atoms with E-state index in [2.05, 4.69) is 10.6 Å². The van der Waals surface area contributed by atoms with Crippen LogP contribution in [-0.4, -0.2) is 44.1 Å². The van der Waals surface area contributed by atoms with E-state index in [4.69, 9.17) is 14.9 Å². The lowest BCUT2D eigenvalue weighted by Crippen LogP contribution is -2.30. The van der Waals surface area contributed by atoms with Gasteiger partial charge in [0.05, 0.1) is 19.8 Å². The number of rotatable bonds is 13. The summed E-state index contributed by atoms with van der Waals surface area (Å²) in [5.74, 6) is -0.0589. The molecule has 1 aromatic carbocycles. The lowest BCUT2D eigenvalue weighted by molar-refractivity contribution is -0.143. The van der Waals surface area contributed by atoms with Gasteiger partial charge in [-0.1, -0.05) is 12.8 Å². The summed E-state index contributed by atoms with van der Waals surface area (Å²) < 4.78 is 10.0. The van der Waals surface area contributed by atoms with Crippen molar-refractivity contribution in [3.8, 4) is 0 Å². The largest absolute Gasteiger partial charge is 0.478 e. The maximum absolute atomic E-state index is 11.8. The molecule has 7 heteroatoms. The fraction of sp³-hybridized carbons (Fsp3) is 0.550. The van der Waals surface area contributed by atoms with Gasteiger partial charge in [-0.3, -0.25) is 15.0 Å². The van der Waals surface area contributed by atoms with Crippen molar-refractivity contribution >= 4 is 23.5 Å². The summed E-state index contributed by atoms with van der Waals surface area (Å²) in [4.78, 5) is 23.0. The van der Waals surface area contributed by atoms with E-state index in [9.17, 15) is 9.59 Å². The molecule has 0 aliphatic carbocycles. The Bertz CT molecular complexity index is 587. The van der Waals surface area contributed by atoms with Crippen LogP contribution in [0, 0.1) is 5.41 Å². The standard InChI is InChI=1S/C20H31N3O4/c1-3-26-19(25)9-7-5-6-8-14-22-18(24)15-23-17-12-10-16(11-13-17)20(21)27-4-2/h10-13,21,23H,3-9,14-15H2,1-2H3,(H,22,24). The lowest BCUT2D eigenvalue weighted by atomic mass is 10.1. The van der Waals surface area contributed by atoms with E-state index in [1.165, 1.54) is 0 Å². The molecule has 0 radical (unpaired) electrons. The maximum atomic E-state index is 11.8. The van der Waals surface area contributed by atoms with Crippen molar-refractivity contribution in [1.82, 2.24) is 5.32 Å². The Labute approximate surface area is 161 Å². The number of carbonyl (C=O) groups excluding carboxylic acids is 2. The maximum Gasteiger partial charge on any atom is 0.305 e. The Kier molecular flexibility index (Phi) is 11.3. The third-order valence-electron chi connectivity index (χ3n) is 3.82. The van der Waals surface area contributed by atoms with E-state index in [1.807, 2.05) is 19.1 Å². The minimum absolute atomic E-state index is 0.0624. The molecule has 0 heterocycles. The van der Waals surface area contributed by atoms with Crippen LogP contribution in [0.4, 0.5) is 5.69 Å². The molecule has 0 aromatic heterocycles. The Hall–Kier alpha value is -2.57. The molecule has 0 spiro atoms. The molecule has 150 valence electrons. The summed E-state index contributed by atoms with van der Waals surface area (Å²) in [5.41, 5.74) is 1.52. The van der Waals surface area contributed by atoms with Gasteiger partial charge in [0.1, 0.15) is 0 Å². The van der Waals surface area contributed by atoms with Gasteiger partial charge in [-0.25, -0.2) is 0 Å². The molecular weight excluding hydrogens is 346 g/mol. The quantitative estimate of drug-likeness (QED) is 0.212. The Balaban J connectivity index is 2.10. The molecule has 0 saturated carbocycles. The Morgan fingerprint density at radius 2 is 1.63 bits per heavy atom. The minimum atomic E-state index is -0.139. The highest BCUT2D eigenvalue weighted by atomic mass is 16.5. The molecular formula is C20H31N3O4. The van der Waals surface area contributed by atoms with Crippen LogP contribution in [0.2, 0.25) is 0 Å². The second kappa shape index (κ2) is 13.6. The van der Waals surface area contributed by atoms with Crippen LogP contribution in [0.1, 0.15) is 51.5 Å². The van der Waals surface area contributed by atoms with Gasteiger partial charge in [0.15, 0.2) is 0 Å². The van der Waals surface area contributed by atoms with Crippen LogP contribution in [0.5, 0.6) is 0 Å². The molecule has 1 amide bonds. The normalized spacial score (nSPS) is 10.1. The first-order valence-electron chi connectivity index (χ1n) is 9.54. The van der Waals surface area contributed by atoms with Crippen LogP contribution in [-0.2, 0) is 19.1 Å². The van der Waals surface area contributed by atoms with E-state index in [1.54, 1.807) is 19.1 Å². The third-order valence-corrected chi connectivity index (χ3v) is 3.82. The highest BCUT2D eigenvalue weighted by Gasteiger charge is 2.04. The van der Waals surface area contributed by atoms with Crippen molar-refractivity contribution in [2.75, 3.05) is 31.6 Å². The molecule has 7 nitrogen and oxygen atoms in total. The number of ether oxygens (including phenoxy) is 2. The Morgan fingerprint density at radius 1 is 0.963 bits per heavy atom. The van der Waals surface area contributed by atoms with E-state index < -0.39 is 0 Å². The number of benzene rings is 1. The highest BCUT2D eigenvalue weighted by molar-refractivity contribution is 5.92. The highest BCUT2D eigenvalue weighted by Crippen LogP contribution is 2.10. The molecule has 0 atom stereocenters.